The van der Waals surface area contributed by atoms with Crippen LogP contribution >= 0.6 is 0 Å². The fourth-order valence-corrected chi connectivity index (χ4v) is 2.85. The molecule has 0 aliphatic rings. The average Bonchev–Trinajstić information content (AvgIpc) is 2.78. The van der Waals surface area contributed by atoms with Gasteiger partial charge in [-0.15, -0.1) is 0 Å². The van der Waals surface area contributed by atoms with Gasteiger partial charge >= 0.3 is 6.18 Å². The van der Waals surface area contributed by atoms with E-state index < -0.39 is 29.3 Å². The Morgan fingerprint density at radius 1 is 1.09 bits per heavy atom. The number of ether oxygens (including phenoxy) is 1. The highest BCUT2D eigenvalue weighted by molar-refractivity contribution is 5.93. The topological polar surface area (TPSA) is 131 Å². The van der Waals surface area contributed by atoms with Gasteiger partial charge in [-0.05, 0) is 49.4 Å². The molecule has 0 spiro atoms. The number of alkyl halides is 3. The first-order valence-electron chi connectivity index (χ1n) is 9.83. The Kier molecular flexibility index (Phi) is 6.81. The molecule has 1 amide bonds. The van der Waals surface area contributed by atoms with E-state index in [0.29, 0.717) is 5.56 Å². The van der Waals surface area contributed by atoms with E-state index in [1.54, 1.807) is 12.1 Å². The van der Waals surface area contributed by atoms with Gasteiger partial charge in [0.05, 0.1) is 17.2 Å². The summed E-state index contributed by atoms with van der Waals surface area (Å²) in [5, 5.41) is 11.7. The molecule has 0 saturated carbocycles. The molecule has 0 bridgehead atoms. The predicted molar refractivity (Wildman–Crippen MR) is 116 cm³/mol. The normalized spacial score (nSPS) is 11.9. The largest absolute Gasteiger partial charge is 0.457 e. The van der Waals surface area contributed by atoms with Gasteiger partial charge in [-0.25, -0.2) is 9.97 Å². The minimum atomic E-state index is -4.70. The Bertz CT molecular complexity index is 1280. The number of nitrogens with zero attached hydrogens (tertiary/aromatic N) is 3. The van der Waals surface area contributed by atoms with Crippen molar-refractivity contribution in [2.24, 2.45) is 5.73 Å². The summed E-state index contributed by atoms with van der Waals surface area (Å²) in [4.78, 5) is 31.7. The van der Waals surface area contributed by atoms with Crippen molar-refractivity contribution in [2.45, 2.75) is 26.1 Å². The van der Waals surface area contributed by atoms with Gasteiger partial charge in [0, 0.05) is 18.6 Å². The van der Waals surface area contributed by atoms with Crippen LogP contribution in [0.5, 0.6) is 11.5 Å². The van der Waals surface area contributed by atoms with Gasteiger partial charge in [0.2, 0.25) is 5.91 Å². The molecule has 0 aliphatic carbocycles. The van der Waals surface area contributed by atoms with Crippen molar-refractivity contribution in [2.75, 3.05) is 5.32 Å². The zero-order valence-electron chi connectivity index (χ0n) is 18.0. The van der Waals surface area contributed by atoms with E-state index >= 15 is 0 Å². The maximum atomic E-state index is 13.2. The molecule has 8 nitrogen and oxygen atoms in total. The van der Waals surface area contributed by atoms with Crippen molar-refractivity contribution >= 4 is 17.5 Å². The molecule has 3 aromatic rings. The number of nitrogens with two attached hydrogens (primary N) is 1. The van der Waals surface area contributed by atoms with Crippen LogP contribution in [0.1, 0.15) is 35.5 Å². The standard InChI is InChI=1S/C23H18F3N5O3/c1-12(21(28)33)29-20-10-19(13(2)32)30-22(31-20)14-3-6-16(7-4-14)34-17-8-5-15(11-27)18(9-17)23(24,25)26/h3-10,12H,1-2H3,(H2,28,33)(H,29,30,31)/t12-/m0/s1. The second-order valence-corrected chi connectivity index (χ2v) is 7.23. The maximum absolute atomic E-state index is 13.2. The summed E-state index contributed by atoms with van der Waals surface area (Å²) >= 11 is 0. The van der Waals surface area contributed by atoms with E-state index in [4.69, 9.17) is 15.7 Å². The zero-order chi connectivity index (χ0) is 25.0. The molecular weight excluding hydrogens is 451 g/mol. The van der Waals surface area contributed by atoms with Crippen molar-refractivity contribution in [1.82, 2.24) is 9.97 Å². The van der Waals surface area contributed by atoms with Crippen molar-refractivity contribution in [3.05, 3.63) is 65.4 Å². The van der Waals surface area contributed by atoms with Crippen LogP contribution in [0.2, 0.25) is 0 Å². The first kappa shape index (κ1) is 24.2. The number of aromatic nitrogens is 2. The molecule has 0 aliphatic heterocycles. The first-order valence-corrected chi connectivity index (χ1v) is 9.83. The highest BCUT2D eigenvalue weighted by Gasteiger charge is 2.34. The van der Waals surface area contributed by atoms with E-state index in [1.807, 2.05) is 0 Å². The summed E-state index contributed by atoms with van der Waals surface area (Å²) < 4.78 is 45.0. The van der Waals surface area contributed by atoms with Gasteiger partial charge in [-0.2, -0.15) is 18.4 Å². The molecule has 174 valence electrons. The fourth-order valence-electron chi connectivity index (χ4n) is 2.85. The number of primary amides is 1. The average molecular weight is 469 g/mol. The minimum absolute atomic E-state index is 0.0965. The number of hydrogen-bond acceptors (Lipinski definition) is 7. The number of nitriles is 1. The first-order chi connectivity index (χ1) is 16.0. The van der Waals surface area contributed by atoms with Crippen molar-refractivity contribution in [1.29, 1.82) is 5.26 Å². The number of carbonyl (C=O) groups excluding carboxylic acids is 2. The van der Waals surface area contributed by atoms with Gasteiger partial charge in [0.25, 0.3) is 0 Å². The molecular formula is C23H18F3N5O3. The number of rotatable bonds is 7. The zero-order valence-corrected chi connectivity index (χ0v) is 18.0. The van der Waals surface area contributed by atoms with E-state index in [9.17, 15) is 22.8 Å². The lowest BCUT2D eigenvalue weighted by Gasteiger charge is -2.13. The molecule has 1 atom stereocenters. The molecule has 0 saturated heterocycles. The molecule has 11 heteroatoms. The third kappa shape index (κ3) is 5.66. The second kappa shape index (κ2) is 9.58. The van der Waals surface area contributed by atoms with E-state index in [1.165, 1.54) is 44.2 Å². The summed E-state index contributed by atoms with van der Waals surface area (Å²) in [7, 11) is 0. The summed E-state index contributed by atoms with van der Waals surface area (Å²) in [5.41, 5.74) is 4.26. The van der Waals surface area contributed by atoms with Gasteiger partial charge < -0.3 is 15.8 Å². The number of Topliss-reactive ketones (excluding diaryl/α,β-unsaturated/α-hetero) is 1. The van der Waals surface area contributed by atoms with Crippen LogP contribution in [0.15, 0.2) is 48.5 Å². The third-order valence-corrected chi connectivity index (χ3v) is 4.64. The highest BCUT2D eigenvalue weighted by Crippen LogP contribution is 2.35. The van der Waals surface area contributed by atoms with Crippen LogP contribution in [0.25, 0.3) is 11.4 Å². The number of benzene rings is 2. The summed E-state index contributed by atoms with van der Waals surface area (Å²) in [6.07, 6.45) is -4.70. The van der Waals surface area contributed by atoms with E-state index in [2.05, 4.69) is 15.3 Å². The van der Waals surface area contributed by atoms with E-state index in [-0.39, 0.29) is 34.6 Å². The highest BCUT2D eigenvalue weighted by atomic mass is 19.4. The van der Waals surface area contributed by atoms with Crippen LogP contribution in [-0.4, -0.2) is 27.7 Å². The Hall–Kier alpha value is -4.46. The quantitative estimate of drug-likeness (QED) is 0.493. The minimum Gasteiger partial charge on any atom is -0.457 e. The van der Waals surface area contributed by atoms with E-state index in [0.717, 1.165) is 12.1 Å². The van der Waals surface area contributed by atoms with Crippen LogP contribution in [-0.2, 0) is 11.0 Å². The van der Waals surface area contributed by atoms with Crippen molar-refractivity contribution in [3.8, 4) is 29.0 Å². The van der Waals surface area contributed by atoms with Crippen molar-refractivity contribution < 1.29 is 27.5 Å². The van der Waals surface area contributed by atoms with Crippen LogP contribution in [0, 0.1) is 11.3 Å². The number of ketones is 1. The molecule has 2 aromatic carbocycles. The number of anilines is 1. The Morgan fingerprint density at radius 3 is 2.29 bits per heavy atom. The van der Waals surface area contributed by atoms with Gasteiger partial charge in [0.1, 0.15) is 29.1 Å². The molecule has 1 heterocycles. The molecule has 0 unspecified atom stereocenters. The second-order valence-electron chi connectivity index (χ2n) is 7.23. The molecule has 0 fully saturated rings. The molecule has 0 radical (unpaired) electrons. The van der Waals surface area contributed by atoms with Gasteiger partial charge in [-0.3, -0.25) is 9.59 Å². The van der Waals surface area contributed by atoms with Gasteiger partial charge in [0.15, 0.2) is 11.6 Å². The molecule has 3 N–H and O–H groups in total. The van der Waals surface area contributed by atoms with Gasteiger partial charge in [-0.1, -0.05) is 0 Å². The number of hydrogen-bond donors (Lipinski definition) is 2. The monoisotopic (exact) mass is 469 g/mol. The number of halogens is 3. The SMILES string of the molecule is CC(=O)c1cc(N[C@@H](C)C(N)=O)nc(-c2ccc(Oc3ccc(C#N)c(C(F)(F)F)c3)cc2)n1. The maximum Gasteiger partial charge on any atom is 0.417 e. The van der Waals surface area contributed by atoms with Crippen LogP contribution in [0.3, 0.4) is 0 Å². The third-order valence-electron chi connectivity index (χ3n) is 4.64. The lowest BCUT2D eigenvalue weighted by molar-refractivity contribution is -0.137. The lowest BCUT2D eigenvalue weighted by atomic mass is 10.1. The number of carbonyl (C=O) groups is 2. The number of amides is 1. The Morgan fingerprint density at radius 2 is 1.74 bits per heavy atom. The Balaban J connectivity index is 1.89. The van der Waals surface area contributed by atoms with Crippen molar-refractivity contribution in [3.63, 3.8) is 0 Å². The molecule has 34 heavy (non-hydrogen) atoms. The molecule has 1 aromatic heterocycles. The molecule has 3 rings (SSSR count). The predicted octanol–water partition coefficient (Wildman–Crippen LogP) is 4.31. The fraction of sp³-hybridized carbons (Fsp3) is 0.174. The summed E-state index contributed by atoms with van der Waals surface area (Å²) in [6.45, 7) is 2.87. The Labute approximate surface area is 192 Å². The number of nitrogens with one attached hydrogen (secondary N) is 1. The van der Waals surface area contributed by atoms with Crippen LogP contribution in [0.4, 0.5) is 19.0 Å². The smallest absolute Gasteiger partial charge is 0.417 e. The lowest BCUT2D eigenvalue weighted by Crippen LogP contribution is -2.32. The summed E-state index contributed by atoms with van der Waals surface area (Å²) in [5.74, 6) is -0.400. The summed E-state index contributed by atoms with van der Waals surface area (Å²) in [6, 6.07) is 11.3. The van der Waals surface area contributed by atoms with Crippen LogP contribution < -0.4 is 15.8 Å².